The standard InChI is InChI=1S/C32H30N2O2S/c1-4-23(3)34-31(35)30(37-32(34)33-27-16-12-22(2)13-17-27)20-24-14-18-28(19-15-24)36-21-26-10-7-9-25-8-5-6-11-29(25)26/h5-20,23H,4,21H2,1-3H3/b30-20+,33-32?/t23-/m0/s1. The average Bonchev–Trinajstić information content (AvgIpc) is 3.23. The largest absolute Gasteiger partial charge is 0.489 e. The van der Waals surface area contributed by atoms with Crippen LogP contribution in [-0.4, -0.2) is 22.0 Å². The number of ether oxygens (including phenoxy) is 1. The third-order valence-electron chi connectivity index (χ3n) is 6.58. The first-order chi connectivity index (χ1) is 18.0. The van der Waals surface area contributed by atoms with Gasteiger partial charge in [-0.15, -0.1) is 0 Å². The molecule has 4 aromatic carbocycles. The summed E-state index contributed by atoms with van der Waals surface area (Å²) < 4.78 is 6.08. The van der Waals surface area contributed by atoms with Crippen molar-refractivity contribution in [3.63, 3.8) is 0 Å². The first-order valence-electron chi connectivity index (χ1n) is 12.6. The number of aliphatic imine (C=N–C) groups is 1. The van der Waals surface area contributed by atoms with Crippen molar-refractivity contribution in [3.8, 4) is 5.75 Å². The van der Waals surface area contributed by atoms with E-state index < -0.39 is 0 Å². The Hall–Kier alpha value is -3.83. The van der Waals surface area contributed by atoms with Gasteiger partial charge in [0.25, 0.3) is 5.91 Å². The first kappa shape index (κ1) is 24.8. The van der Waals surface area contributed by atoms with Crippen LogP contribution in [0.2, 0.25) is 0 Å². The molecule has 0 unspecified atom stereocenters. The van der Waals surface area contributed by atoms with Gasteiger partial charge < -0.3 is 4.74 Å². The lowest BCUT2D eigenvalue weighted by molar-refractivity contribution is -0.123. The molecule has 1 heterocycles. The molecule has 0 saturated carbocycles. The Morgan fingerprint density at radius 1 is 0.946 bits per heavy atom. The van der Waals surface area contributed by atoms with E-state index in [4.69, 9.17) is 9.73 Å². The van der Waals surface area contributed by atoms with Crippen LogP contribution in [0.3, 0.4) is 0 Å². The van der Waals surface area contributed by atoms with E-state index in [1.807, 2.05) is 65.6 Å². The number of fused-ring (bicyclic) bond motifs is 1. The highest BCUT2D eigenvalue weighted by Gasteiger charge is 2.36. The normalized spacial score (nSPS) is 16.6. The summed E-state index contributed by atoms with van der Waals surface area (Å²) >= 11 is 1.43. The zero-order valence-electron chi connectivity index (χ0n) is 21.3. The molecule has 1 atom stereocenters. The van der Waals surface area contributed by atoms with Gasteiger partial charge in [0.1, 0.15) is 12.4 Å². The molecule has 5 heteroatoms. The molecule has 0 aliphatic carbocycles. The number of hydrogen-bond donors (Lipinski definition) is 0. The molecule has 4 aromatic rings. The summed E-state index contributed by atoms with van der Waals surface area (Å²) in [6, 6.07) is 30.6. The fraction of sp³-hybridized carbons (Fsp3) is 0.188. The van der Waals surface area contributed by atoms with Crippen molar-refractivity contribution in [1.29, 1.82) is 0 Å². The van der Waals surface area contributed by atoms with Crippen LogP contribution in [0.25, 0.3) is 16.8 Å². The molecule has 0 bridgehead atoms. The molecule has 0 radical (unpaired) electrons. The Balaban J connectivity index is 1.33. The lowest BCUT2D eigenvalue weighted by Crippen LogP contribution is -2.36. The molecule has 1 fully saturated rings. The zero-order chi connectivity index (χ0) is 25.8. The molecular formula is C32H30N2O2S. The van der Waals surface area contributed by atoms with Gasteiger partial charge in [-0.05, 0) is 84.3 Å². The van der Waals surface area contributed by atoms with Crippen LogP contribution in [0.5, 0.6) is 5.75 Å². The van der Waals surface area contributed by atoms with Gasteiger partial charge in [-0.25, -0.2) is 4.99 Å². The number of nitrogens with zero attached hydrogens (tertiary/aromatic N) is 2. The Kier molecular flexibility index (Phi) is 7.42. The monoisotopic (exact) mass is 506 g/mol. The highest BCUT2D eigenvalue weighted by molar-refractivity contribution is 8.18. The van der Waals surface area contributed by atoms with Gasteiger partial charge in [-0.1, -0.05) is 79.2 Å². The van der Waals surface area contributed by atoms with Gasteiger partial charge in [0.15, 0.2) is 5.17 Å². The Morgan fingerprint density at radius 3 is 2.43 bits per heavy atom. The van der Waals surface area contributed by atoms with Gasteiger partial charge in [0.2, 0.25) is 0 Å². The SMILES string of the molecule is CC[C@H](C)N1C(=O)/C(=C\c2ccc(OCc3cccc4ccccc34)cc2)SC1=Nc1ccc(C)cc1. The van der Waals surface area contributed by atoms with Crippen molar-refractivity contribution >= 4 is 45.4 Å². The summed E-state index contributed by atoms with van der Waals surface area (Å²) in [5, 5.41) is 3.14. The Labute approximate surface area is 222 Å². The van der Waals surface area contributed by atoms with E-state index in [0.717, 1.165) is 34.2 Å². The highest BCUT2D eigenvalue weighted by atomic mass is 32.2. The number of carbonyl (C=O) groups is 1. The molecule has 1 saturated heterocycles. The fourth-order valence-corrected chi connectivity index (χ4v) is 5.35. The second-order valence-corrected chi connectivity index (χ2v) is 10.3. The van der Waals surface area contributed by atoms with E-state index >= 15 is 0 Å². The van der Waals surface area contributed by atoms with Gasteiger partial charge in [0, 0.05) is 6.04 Å². The number of amidine groups is 1. The predicted octanol–water partition coefficient (Wildman–Crippen LogP) is 8.13. The Morgan fingerprint density at radius 2 is 1.68 bits per heavy atom. The maximum absolute atomic E-state index is 13.3. The van der Waals surface area contributed by atoms with Crippen LogP contribution in [0.4, 0.5) is 5.69 Å². The summed E-state index contributed by atoms with van der Waals surface area (Å²) in [6.07, 6.45) is 2.80. The summed E-state index contributed by atoms with van der Waals surface area (Å²) in [6.45, 7) is 6.70. The van der Waals surface area contributed by atoms with Crippen molar-refractivity contribution in [1.82, 2.24) is 4.90 Å². The van der Waals surface area contributed by atoms with Crippen molar-refractivity contribution < 1.29 is 9.53 Å². The van der Waals surface area contributed by atoms with Crippen molar-refractivity contribution in [2.24, 2.45) is 4.99 Å². The third-order valence-corrected chi connectivity index (χ3v) is 7.56. The first-order valence-corrected chi connectivity index (χ1v) is 13.4. The van der Waals surface area contributed by atoms with E-state index in [0.29, 0.717) is 11.5 Å². The molecule has 5 rings (SSSR count). The van der Waals surface area contributed by atoms with Gasteiger partial charge >= 0.3 is 0 Å². The number of aryl methyl sites for hydroxylation is 1. The number of carbonyl (C=O) groups excluding carboxylic acids is 1. The molecule has 4 nitrogen and oxygen atoms in total. The maximum atomic E-state index is 13.3. The smallest absolute Gasteiger partial charge is 0.266 e. The van der Waals surface area contributed by atoms with Gasteiger partial charge in [-0.2, -0.15) is 0 Å². The number of hydrogen-bond acceptors (Lipinski definition) is 4. The van der Waals surface area contributed by atoms with Crippen molar-refractivity contribution in [2.45, 2.75) is 39.8 Å². The molecule has 0 N–H and O–H groups in total. The third kappa shape index (κ3) is 5.62. The molecule has 1 aliphatic rings. The maximum Gasteiger partial charge on any atom is 0.266 e. The molecule has 0 aromatic heterocycles. The lowest BCUT2D eigenvalue weighted by Gasteiger charge is -2.22. The van der Waals surface area contributed by atoms with Crippen molar-refractivity contribution in [3.05, 3.63) is 113 Å². The van der Waals surface area contributed by atoms with Gasteiger partial charge in [-0.3, -0.25) is 9.69 Å². The molecule has 1 aliphatic heterocycles. The van der Waals surface area contributed by atoms with E-state index in [1.165, 1.54) is 28.1 Å². The van der Waals surface area contributed by atoms with E-state index in [9.17, 15) is 4.79 Å². The molecule has 1 amide bonds. The van der Waals surface area contributed by atoms with Crippen LogP contribution < -0.4 is 4.74 Å². The lowest BCUT2D eigenvalue weighted by atomic mass is 10.1. The van der Waals surface area contributed by atoms with Crippen LogP contribution >= 0.6 is 11.8 Å². The summed E-state index contributed by atoms with van der Waals surface area (Å²) in [4.78, 5) is 20.6. The Bertz CT molecular complexity index is 1470. The molecular weight excluding hydrogens is 476 g/mol. The minimum atomic E-state index is 0.00138. The summed E-state index contributed by atoms with van der Waals surface area (Å²) in [5.74, 6) is 0.796. The van der Waals surface area contributed by atoms with Crippen LogP contribution in [0.1, 0.15) is 37.0 Å². The number of thioether (sulfide) groups is 1. The van der Waals surface area contributed by atoms with Crippen molar-refractivity contribution in [2.75, 3.05) is 0 Å². The highest BCUT2D eigenvalue weighted by Crippen LogP contribution is 2.36. The predicted molar refractivity (Wildman–Crippen MR) is 155 cm³/mol. The van der Waals surface area contributed by atoms with E-state index in [1.54, 1.807) is 0 Å². The van der Waals surface area contributed by atoms with Gasteiger partial charge in [0.05, 0.1) is 10.6 Å². The molecule has 37 heavy (non-hydrogen) atoms. The number of amides is 1. The second kappa shape index (κ2) is 11.1. The van der Waals surface area contributed by atoms with Crippen LogP contribution in [0.15, 0.2) is 101 Å². The zero-order valence-corrected chi connectivity index (χ0v) is 22.2. The number of rotatable bonds is 7. The minimum Gasteiger partial charge on any atom is -0.489 e. The quantitative estimate of drug-likeness (QED) is 0.238. The minimum absolute atomic E-state index is 0.00138. The van der Waals surface area contributed by atoms with E-state index in [-0.39, 0.29) is 11.9 Å². The second-order valence-electron chi connectivity index (χ2n) is 9.27. The summed E-state index contributed by atoms with van der Waals surface area (Å²) in [7, 11) is 0. The van der Waals surface area contributed by atoms with E-state index in [2.05, 4.69) is 57.2 Å². The topological polar surface area (TPSA) is 41.9 Å². The summed E-state index contributed by atoms with van der Waals surface area (Å²) in [5.41, 5.74) is 4.14. The van der Waals surface area contributed by atoms with Crippen LogP contribution in [0, 0.1) is 6.92 Å². The molecule has 0 spiro atoms. The number of benzene rings is 4. The molecule has 186 valence electrons. The average molecular weight is 507 g/mol. The van der Waals surface area contributed by atoms with Crippen LogP contribution in [-0.2, 0) is 11.4 Å². The fourth-order valence-electron chi connectivity index (χ4n) is 4.26.